The highest BCUT2D eigenvalue weighted by molar-refractivity contribution is 5.97. The van der Waals surface area contributed by atoms with E-state index in [1.807, 2.05) is 0 Å². The maximum Gasteiger partial charge on any atom is 0.278 e. The Hall–Kier alpha value is -2.60. The van der Waals surface area contributed by atoms with Crippen LogP contribution in [0.25, 0.3) is 0 Å². The second-order valence-electron chi connectivity index (χ2n) is 5.19. The average Bonchev–Trinajstić information content (AvgIpc) is 2.84. The molecule has 0 saturated heterocycles. The van der Waals surface area contributed by atoms with Gasteiger partial charge in [-0.15, -0.1) is 0 Å². The molecule has 1 aromatic carbocycles. The SMILES string of the molecule is CC1=NN(C(=O)c2cccnc2)[C@](O)(c2ccc(F)cc2)C1. The van der Waals surface area contributed by atoms with Crippen LogP contribution < -0.4 is 0 Å². The number of hydrazone groups is 1. The van der Waals surface area contributed by atoms with Crippen LogP contribution >= 0.6 is 0 Å². The van der Waals surface area contributed by atoms with E-state index in [1.165, 1.54) is 30.5 Å². The van der Waals surface area contributed by atoms with Crippen LogP contribution in [0.4, 0.5) is 4.39 Å². The summed E-state index contributed by atoms with van der Waals surface area (Å²) in [5.41, 5.74) is -0.276. The Bertz CT molecular complexity index is 731. The fraction of sp³-hybridized carbons (Fsp3) is 0.188. The lowest BCUT2D eigenvalue weighted by Crippen LogP contribution is -2.43. The Balaban J connectivity index is 2.01. The van der Waals surface area contributed by atoms with Gasteiger partial charge in [-0.25, -0.2) is 4.39 Å². The molecular weight excluding hydrogens is 285 g/mol. The molecule has 112 valence electrons. The van der Waals surface area contributed by atoms with Gasteiger partial charge in [0.2, 0.25) is 0 Å². The van der Waals surface area contributed by atoms with Crippen molar-refractivity contribution in [3.8, 4) is 0 Å². The fourth-order valence-corrected chi connectivity index (χ4v) is 2.49. The number of hydrogen-bond acceptors (Lipinski definition) is 4. The monoisotopic (exact) mass is 299 g/mol. The maximum atomic E-state index is 13.1. The van der Waals surface area contributed by atoms with Gasteiger partial charge in [0.25, 0.3) is 5.91 Å². The summed E-state index contributed by atoms with van der Waals surface area (Å²) in [5.74, 6) is -0.870. The predicted molar refractivity (Wildman–Crippen MR) is 78.4 cm³/mol. The van der Waals surface area contributed by atoms with Crippen molar-refractivity contribution in [3.05, 3.63) is 65.7 Å². The molecule has 0 aliphatic carbocycles. The summed E-state index contributed by atoms with van der Waals surface area (Å²) in [4.78, 5) is 16.5. The minimum absolute atomic E-state index is 0.171. The topological polar surface area (TPSA) is 65.8 Å². The van der Waals surface area contributed by atoms with Crippen LogP contribution in [-0.2, 0) is 5.72 Å². The molecule has 1 amide bonds. The molecule has 0 unspecified atom stereocenters. The number of hydrogen-bond donors (Lipinski definition) is 1. The van der Waals surface area contributed by atoms with Gasteiger partial charge in [0.15, 0.2) is 5.72 Å². The lowest BCUT2D eigenvalue weighted by Gasteiger charge is -2.31. The van der Waals surface area contributed by atoms with Crippen molar-refractivity contribution < 1.29 is 14.3 Å². The molecule has 0 bridgehead atoms. The van der Waals surface area contributed by atoms with Crippen LogP contribution in [0.1, 0.15) is 29.3 Å². The molecule has 22 heavy (non-hydrogen) atoms. The van der Waals surface area contributed by atoms with Gasteiger partial charge in [0, 0.05) is 30.1 Å². The van der Waals surface area contributed by atoms with Crippen LogP contribution in [0.15, 0.2) is 53.9 Å². The summed E-state index contributed by atoms with van der Waals surface area (Å²) in [7, 11) is 0. The summed E-state index contributed by atoms with van der Waals surface area (Å²) >= 11 is 0. The lowest BCUT2D eigenvalue weighted by atomic mass is 9.97. The highest BCUT2D eigenvalue weighted by Gasteiger charge is 2.45. The molecule has 1 aliphatic heterocycles. The summed E-state index contributed by atoms with van der Waals surface area (Å²) in [5, 5.41) is 16.1. The number of benzene rings is 1. The molecule has 2 aromatic rings. The number of aromatic nitrogens is 1. The number of pyridine rings is 1. The number of aliphatic hydroxyl groups is 1. The van der Waals surface area contributed by atoms with Crippen molar-refractivity contribution in [3.63, 3.8) is 0 Å². The van der Waals surface area contributed by atoms with Crippen molar-refractivity contribution in [2.75, 3.05) is 0 Å². The lowest BCUT2D eigenvalue weighted by molar-refractivity contribution is -0.0765. The number of carbonyl (C=O) groups excluding carboxylic acids is 1. The van der Waals surface area contributed by atoms with E-state index in [9.17, 15) is 14.3 Å². The molecule has 0 radical (unpaired) electrons. The quantitative estimate of drug-likeness (QED) is 0.925. The maximum absolute atomic E-state index is 13.1. The fourth-order valence-electron chi connectivity index (χ4n) is 2.49. The van der Waals surface area contributed by atoms with E-state index in [2.05, 4.69) is 10.1 Å². The van der Waals surface area contributed by atoms with Gasteiger partial charge in [-0.05, 0) is 31.2 Å². The number of rotatable bonds is 2. The van der Waals surface area contributed by atoms with Gasteiger partial charge in [0.1, 0.15) is 5.82 Å². The largest absolute Gasteiger partial charge is 0.365 e. The van der Waals surface area contributed by atoms with Crippen molar-refractivity contribution in [2.24, 2.45) is 5.10 Å². The van der Waals surface area contributed by atoms with Gasteiger partial charge in [-0.2, -0.15) is 10.1 Å². The zero-order chi connectivity index (χ0) is 15.7. The summed E-state index contributed by atoms with van der Waals surface area (Å²) in [6.07, 6.45) is 3.14. The first-order valence-corrected chi connectivity index (χ1v) is 6.78. The molecule has 2 heterocycles. The Kier molecular flexibility index (Phi) is 3.46. The third kappa shape index (κ3) is 2.37. The van der Waals surface area contributed by atoms with Crippen molar-refractivity contribution in [1.82, 2.24) is 9.99 Å². The van der Waals surface area contributed by atoms with Gasteiger partial charge in [-0.1, -0.05) is 12.1 Å². The van der Waals surface area contributed by atoms with Gasteiger partial charge in [-0.3, -0.25) is 9.78 Å². The first-order chi connectivity index (χ1) is 10.5. The first kappa shape index (κ1) is 14.3. The van der Waals surface area contributed by atoms with E-state index in [0.717, 1.165) is 5.01 Å². The minimum atomic E-state index is -1.62. The Morgan fingerprint density at radius 1 is 1.32 bits per heavy atom. The number of carbonyl (C=O) groups is 1. The zero-order valence-corrected chi connectivity index (χ0v) is 11.9. The predicted octanol–water partition coefficient (Wildman–Crippen LogP) is 2.29. The summed E-state index contributed by atoms with van der Waals surface area (Å²) in [6, 6.07) is 8.63. The van der Waals surface area contributed by atoms with Crippen LogP contribution in [0.3, 0.4) is 0 Å². The van der Waals surface area contributed by atoms with E-state index in [-0.39, 0.29) is 6.42 Å². The van der Waals surface area contributed by atoms with Crippen LogP contribution in [0.2, 0.25) is 0 Å². The smallest absolute Gasteiger partial charge is 0.278 e. The number of amides is 1. The Morgan fingerprint density at radius 2 is 2.05 bits per heavy atom. The first-order valence-electron chi connectivity index (χ1n) is 6.78. The molecule has 0 fully saturated rings. The van der Waals surface area contributed by atoms with Crippen LogP contribution in [-0.4, -0.2) is 26.7 Å². The molecule has 1 atom stereocenters. The molecule has 6 heteroatoms. The zero-order valence-electron chi connectivity index (χ0n) is 11.9. The molecule has 3 rings (SSSR count). The van der Waals surface area contributed by atoms with Gasteiger partial charge >= 0.3 is 0 Å². The van der Waals surface area contributed by atoms with Crippen molar-refractivity contribution >= 4 is 11.6 Å². The molecular formula is C16H14FN3O2. The standard InChI is InChI=1S/C16H14FN3O2/c1-11-9-16(22,13-4-6-14(17)7-5-13)20(19-11)15(21)12-3-2-8-18-10-12/h2-8,10,22H,9H2,1H3/t16-/m1/s1. The van der Waals surface area contributed by atoms with Gasteiger partial charge in [0.05, 0.1) is 5.56 Å². The van der Waals surface area contributed by atoms with E-state index >= 15 is 0 Å². The van der Waals surface area contributed by atoms with Crippen molar-refractivity contribution in [2.45, 2.75) is 19.1 Å². The molecule has 0 saturated carbocycles. The van der Waals surface area contributed by atoms with E-state index in [1.54, 1.807) is 25.3 Å². The normalized spacial score (nSPS) is 20.9. The molecule has 5 nitrogen and oxygen atoms in total. The summed E-state index contributed by atoms with van der Waals surface area (Å²) in [6.45, 7) is 1.73. The molecule has 1 N–H and O–H groups in total. The number of halogens is 1. The third-order valence-corrected chi connectivity index (χ3v) is 3.53. The van der Waals surface area contributed by atoms with Crippen molar-refractivity contribution in [1.29, 1.82) is 0 Å². The highest BCUT2D eigenvalue weighted by Crippen LogP contribution is 2.36. The average molecular weight is 299 g/mol. The second-order valence-corrected chi connectivity index (χ2v) is 5.19. The summed E-state index contributed by atoms with van der Waals surface area (Å²) < 4.78 is 13.1. The Labute approximate surface area is 126 Å². The van der Waals surface area contributed by atoms with E-state index in [4.69, 9.17) is 0 Å². The molecule has 0 spiro atoms. The molecule has 1 aliphatic rings. The highest BCUT2D eigenvalue weighted by atomic mass is 19.1. The molecule has 1 aromatic heterocycles. The minimum Gasteiger partial charge on any atom is -0.365 e. The van der Waals surface area contributed by atoms with Gasteiger partial charge < -0.3 is 5.11 Å². The second kappa shape index (κ2) is 5.31. The van der Waals surface area contributed by atoms with E-state index < -0.39 is 17.4 Å². The van der Waals surface area contributed by atoms with Crippen LogP contribution in [0, 0.1) is 5.82 Å². The van der Waals surface area contributed by atoms with Crippen LogP contribution in [0.5, 0.6) is 0 Å². The Morgan fingerprint density at radius 3 is 2.68 bits per heavy atom. The van der Waals surface area contributed by atoms with E-state index in [0.29, 0.717) is 16.8 Å². The third-order valence-electron chi connectivity index (χ3n) is 3.53. The number of nitrogens with zero attached hydrogens (tertiary/aromatic N) is 3.